The second-order valence-corrected chi connectivity index (χ2v) is 5.33. The lowest BCUT2D eigenvalue weighted by Crippen LogP contribution is -2.73. The molecular weight excluding hydrogens is 162 g/mol. The van der Waals surface area contributed by atoms with Gasteiger partial charge in [-0.05, 0) is 36.5 Å². The van der Waals surface area contributed by atoms with Crippen molar-refractivity contribution in [3.05, 3.63) is 0 Å². The molecule has 0 aromatic heterocycles. The predicted octanol–water partition coefficient (Wildman–Crippen LogP) is 1.95. The van der Waals surface area contributed by atoms with Crippen LogP contribution in [-0.2, 0) is 4.79 Å². The molecule has 3 fully saturated rings. The fourth-order valence-electron chi connectivity index (χ4n) is 3.63. The van der Waals surface area contributed by atoms with Gasteiger partial charge in [-0.25, -0.2) is 0 Å². The van der Waals surface area contributed by atoms with Crippen molar-refractivity contribution in [1.29, 1.82) is 0 Å². The molecule has 2 heteroatoms. The topological polar surface area (TPSA) is 29.1 Å². The number of nitrogens with one attached hydrogen (secondary N) is 1. The first-order valence-corrected chi connectivity index (χ1v) is 5.26. The first-order valence-electron chi connectivity index (χ1n) is 5.26. The number of rotatable bonds is 2. The molecule has 3 aliphatic rings. The zero-order valence-corrected chi connectivity index (χ0v) is 8.76. The second kappa shape index (κ2) is 2.49. The molecule has 1 amide bonds. The molecule has 0 heterocycles. The molecule has 0 spiro atoms. The number of amides is 1. The maximum atomic E-state index is 10.6. The summed E-state index contributed by atoms with van der Waals surface area (Å²) in [4.78, 5) is 10.6. The molecule has 2 nitrogen and oxygen atoms in total. The minimum atomic E-state index is 0.109. The summed E-state index contributed by atoms with van der Waals surface area (Å²) in [7, 11) is 0. The van der Waals surface area contributed by atoms with Crippen LogP contribution in [0.3, 0.4) is 0 Å². The fraction of sp³-hybridized carbons (Fsp3) is 0.909. The van der Waals surface area contributed by atoms with Gasteiger partial charge in [-0.1, -0.05) is 20.8 Å². The van der Waals surface area contributed by atoms with E-state index in [4.69, 9.17) is 0 Å². The summed E-state index contributed by atoms with van der Waals surface area (Å²) in [5.41, 5.74) is 0.420. The first kappa shape index (κ1) is 9.04. The van der Waals surface area contributed by atoms with E-state index in [0.717, 1.165) is 12.3 Å². The van der Waals surface area contributed by atoms with E-state index in [9.17, 15) is 4.79 Å². The van der Waals surface area contributed by atoms with Crippen LogP contribution in [0.25, 0.3) is 0 Å². The highest BCUT2D eigenvalue weighted by molar-refractivity contribution is 5.50. The Labute approximate surface area is 80.1 Å². The number of carbonyl (C=O) groups excluding carboxylic acids is 1. The zero-order chi connectivity index (χ0) is 9.69. The summed E-state index contributed by atoms with van der Waals surface area (Å²) >= 11 is 0. The SMILES string of the molecule is CC1CCC2CC1(NC=O)C2(C)C. The summed E-state index contributed by atoms with van der Waals surface area (Å²) < 4.78 is 0. The van der Waals surface area contributed by atoms with Crippen molar-refractivity contribution in [3.8, 4) is 0 Å². The molecule has 3 atom stereocenters. The molecule has 74 valence electrons. The Kier molecular flexibility index (Phi) is 1.73. The van der Waals surface area contributed by atoms with E-state index >= 15 is 0 Å². The van der Waals surface area contributed by atoms with Gasteiger partial charge in [0.2, 0.25) is 6.41 Å². The van der Waals surface area contributed by atoms with Crippen molar-refractivity contribution in [2.75, 3.05) is 0 Å². The third-order valence-corrected chi connectivity index (χ3v) is 4.84. The zero-order valence-electron chi connectivity index (χ0n) is 8.76. The Morgan fingerprint density at radius 1 is 1.38 bits per heavy atom. The van der Waals surface area contributed by atoms with Gasteiger partial charge in [-0.15, -0.1) is 0 Å². The van der Waals surface area contributed by atoms with Gasteiger partial charge < -0.3 is 5.32 Å². The first-order chi connectivity index (χ1) is 6.04. The summed E-state index contributed by atoms with van der Waals surface area (Å²) in [6.07, 6.45) is 4.70. The summed E-state index contributed by atoms with van der Waals surface area (Å²) in [5, 5.41) is 3.09. The van der Waals surface area contributed by atoms with E-state index < -0.39 is 0 Å². The maximum absolute atomic E-state index is 10.6. The lowest BCUT2D eigenvalue weighted by molar-refractivity contribution is -0.153. The van der Waals surface area contributed by atoms with Gasteiger partial charge in [0.1, 0.15) is 0 Å². The molecule has 0 aromatic rings. The van der Waals surface area contributed by atoms with E-state index in [1.807, 2.05) is 0 Å². The van der Waals surface area contributed by atoms with Crippen molar-refractivity contribution in [2.45, 2.75) is 45.6 Å². The number of fused-ring (bicyclic) bond motifs is 2. The third kappa shape index (κ3) is 0.866. The van der Waals surface area contributed by atoms with Crippen LogP contribution >= 0.6 is 0 Å². The quantitative estimate of drug-likeness (QED) is 0.648. The van der Waals surface area contributed by atoms with E-state index in [1.165, 1.54) is 19.3 Å². The lowest BCUT2D eigenvalue weighted by atomic mass is 9.41. The van der Waals surface area contributed by atoms with Crippen LogP contribution < -0.4 is 5.32 Å². The minimum absolute atomic E-state index is 0.109. The monoisotopic (exact) mass is 181 g/mol. The van der Waals surface area contributed by atoms with Crippen LogP contribution in [0, 0.1) is 17.3 Å². The largest absolute Gasteiger partial charge is 0.352 e. The molecule has 0 saturated heterocycles. The standard InChI is InChI=1S/C11H19NO/c1-8-4-5-9-6-11(8,12-7-13)10(9,2)3/h7-9H,4-6H2,1-3H3,(H,12,13). The number of hydrogen-bond donors (Lipinski definition) is 1. The Hall–Kier alpha value is -0.530. The summed E-state index contributed by atoms with van der Waals surface area (Å²) in [6.45, 7) is 6.87. The third-order valence-electron chi connectivity index (χ3n) is 4.84. The Balaban J connectivity index is 2.27. The molecule has 3 aliphatic carbocycles. The molecule has 3 saturated carbocycles. The molecule has 0 radical (unpaired) electrons. The van der Waals surface area contributed by atoms with Crippen molar-refractivity contribution in [2.24, 2.45) is 17.3 Å². The Morgan fingerprint density at radius 2 is 2.08 bits per heavy atom. The normalized spacial score (nSPS) is 46.4. The lowest BCUT2D eigenvalue weighted by Gasteiger charge is -2.68. The minimum Gasteiger partial charge on any atom is -0.352 e. The van der Waals surface area contributed by atoms with E-state index in [2.05, 4.69) is 26.1 Å². The van der Waals surface area contributed by atoms with Gasteiger partial charge in [0, 0.05) is 5.54 Å². The highest BCUT2D eigenvalue weighted by Gasteiger charge is 2.64. The van der Waals surface area contributed by atoms with Crippen LogP contribution in [0.1, 0.15) is 40.0 Å². The highest BCUT2D eigenvalue weighted by atomic mass is 16.1. The molecule has 13 heavy (non-hydrogen) atoms. The summed E-state index contributed by atoms with van der Waals surface area (Å²) in [6, 6.07) is 0. The molecule has 1 N–H and O–H groups in total. The predicted molar refractivity (Wildman–Crippen MR) is 52.2 cm³/mol. The van der Waals surface area contributed by atoms with Crippen LogP contribution in [-0.4, -0.2) is 11.9 Å². The van der Waals surface area contributed by atoms with Crippen LogP contribution in [0.4, 0.5) is 0 Å². The number of hydrogen-bond acceptors (Lipinski definition) is 1. The van der Waals surface area contributed by atoms with Gasteiger partial charge in [0.05, 0.1) is 0 Å². The van der Waals surface area contributed by atoms with Crippen LogP contribution in [0.2, 0.25) is 0 Å². The maximum Gasteiger partial charge on any atom is 0.207 e. The van der Waals surface area contributed by atoms with Gasteiger partial charge in [-0.3, -0.25) is 4.79 Å². The molecule has 3 unspecified atom stereocenters. The van der Waals surface area contributed by atoms with Gasteiger partial charge in [0.25, 0.3) is 0 Å². The average molecular weight is 181 g/mol. The van der Waals surface area contributed by atoms with E-state index in [0.29, 0.717) is 11.3 Å². The smallest absolute Gasteiger partial charge is 0.207 e. The number of carbonyl (C=O) groups is 1. The second-order valence-electron chi connectivity index (χ2n) is 5.33. The van der Waals surface area contributed by atoms with E-state index in [1.54, 1.807) is 0 Å². The Bertz CT molecular complexity index is 236. The highest BCUT2D eigenvalue weighted by Crippen LogP contribution is 2.63. The van der Waals surface area contributed by atoms with Gasteiger partial charge in [-0.2, -0.15) is 0 Å². The summed E-state index contributed by atoms with van der Waals surface area (Å²) in [5.74, 6) is 1.47. The molecular formula is C11H19NO. The van der Waals surface area contributed by atoms with E-state index in [-0.39, 0.29) is 5.54 Å². The molecule has 0 aromatic carbocycles. The van der Waals surface area contributed by atoms with Gasteiger partial charge >= 0.3 is 0 Å². The average Bonchev–Trinajstić information content (AvgIpc) is 2.08. The van der Waals surface area contributed by atoms with Crippen LogP contribution in [0.15, 0.2) is 0 Å². The molecule has 3 rings (SSSR count). The molecule has 2 bridgehead atoms. The van der Waals surface area contributed by atoms with Crippen LogP contribution in [0.5, 0.6) is 0 Å². The molecule has 0 aliphatic heterocycles. The van der Waals surface area contributed by atoms with Crippen molar-refractivity contribution in [1.82, 2.24) is 5.32 Å². The van der Waals surface area contributed by atoms with Crippen molar-refractivity contribution in [3.63, 3.8) is 0 Å². The van der Waals surface area contributed by atoms with Crippen molar-refractivity contribution >= 4 is 6.41 Å². The Morgan fingerprint density at radius 3 is 2.54 bits per heavy atom. The van der Waals surface area contributed by atoms with Gasteiger partial charge in [0.15, 0.2) is 0 Å². The van der Waals surface area contributed by atoms with Crippen molar-refractivity contribution < 1.29 is 4.79 Å². The fourth-order valence-corrected chi connectivity index (χ4v) is 3.63.